The lowest BCUT2D eigenvalue weighted by Gasteiger charge is -2.14. The molecule has 0 spiro atoms. The van der Waals surface area contributed by atoms with Gasteiger partial charge in [0.25, 0.3) is 0 Å². The molecular formula is C23H28N4O3. The number of aromatic nitrogens is 2. The van der Waals surface area contributed by atoms with E-state index in [1.165, 1.54) is 0 Å². The van der Waals surface area contributed by atoms with Gasteiger partial charge in [-0.25, -0.2) is 4.98 Å². The van der Waals surface area contributed by atoms with Crippen molar-refractivity contribution in [2.75, 3.05) is 19.7 Å². The molecule has 0 aliphatic rings. The van der Waals surface area contributed by atoms with Gasteiger partial charge < -0.3 is 25.5 Å². The second kappa shape index (κ2) is 10.0. The monoisotopic (exact) mass is 408 g/mol. The zero-order valence-electron chi connectivity index (χ0n) is 17.3. The van der Waals surface area contributed by atoms with E-state index in [0.29, 0.717) is 19.7 Å². The van der Waals surface area contributed by atoms with E-state index in [-0.39, 0.29) is 12.3 Å². The van der Waals surface area contributed by atoms with E-state index in [2.05, 4.69) is 27.0 Å². The summed E-state index contributed by atoms with van der Waals surface area (Å²) in [6.45, 7) is 5.54. The van der Waals surface area contributed by atoms with E-state index in [1.807, 2.05) is 50.2 Å². The fourth-order valence-corrected chi connectivity index (χ4v) is 3.26. The molecule has 0 aliphatic carbocycles. The second-order valence-corrected chi connectivity index (χ2v) is 7.26. The molecule has 0 unspecified atom stereocenters. The summed E-state index contributed by atoms with van der Waals surface area (Å²) in [5, 5.41) is 13.6. The molecule has 1 atom stereocenters. The normalized spacial score (nSPS) is 12.0. The number of aliphatic hydroxyl groups is 1. The number of benzene rings is 1. The molecule has 0 saturated carbocycles. The predicted octanol–water partition coefficient (Wildman–Crippen LogP) is 2.22. The minimum atomic E-state index is -0.647. The first-order chi connectivity index (χ1) is 14.4. The van der Waals surface area contributed by atoms with Crippen LogP contribution < -0.4 is 15.8 Å². The minimum absolute atomic E-state index is 0.222. The minimum Gasteiger partial charge on any atom is -0.492 e. The molecule has 1 amide bonds. The van der Waals surface area contributed by atoms with Crippen molar-refractivity contribution in [3.8, 4) is 11.6 Å². The van der Waals surface area contributed by atoms with Crippen molar-refractivity contribution in [3.63, 3.8) is 0 Å². The van der Waals surface area contributed by atoms with Gasteiger partial charge in [0.15, 0.2) is 0 Å². The molecule has 0 radical (unpaired) electrons. The Bertz CT molecular complexity index is 946. The average Bonchev–Trinajstić information content (AvgIpc) is 3.06. The highest BCUT2D eigenvalue weighted by Gasteiger charge is 2.10. The molecule has 7 heteroatoms. The third-order valence-electron chi connectivity index (χ3n) is 4.84. The molecule has 3 rings (SSSR count). The number of carbonyl (C=O) groups excluding carboxylic acids is 1. The van der Waals surface area contributed by atoms with Gasteiger partial charge in [0.1, 0.15) is 18.2 Å². The first kappa shape index (κ1) is 21.5. The summed E-state index contributed by atoms with van der Waals surface area (Å²) in [5.74, 6) is 1.21. The molecule has 30 heavy (non-hydrogen) atoms. The maximum atomic E-state index is 10.9. The lowest BCUT2D eigenvalue weighted by atomic mass is 10.1. The topological polar surface area (TPSA) is 102 Å². The molecule has 0 aliphatic heterocycles. The number of aliphatic hydroxyl groups excluding tert-OH is 1. The quantitative estimate of drug-likeness (QED) is 0.447. The van der Waals surface area contributed by atoms with Crippen molar-refractivity contribution < 1.29 is 14.6 Å². The summed E-state index contributed by atoms with van der Waals surface area (Å²) in [6.07, 6.45) is 1.29. The van der Waals surface area contributed by atoms with Gasteiger partial charge in [-0.15, -0.1) is 0 Å². The van der Waals surface area contributed by atoms with Gasteiger partial charge in [0, 0.05) is 36.2 Å². The number of rotatable bonds is 10. The number of primary amides is 1. The second-order valence-electron chi connectivity index (χ2n) is 7.26. The van der Waals surface area contributed by atoms with Crippen LogP contribution in [0.25, 0.3) is 5.82 Å². The molecule has 4 N–H and O–H groups in total. The predicted molar refractivity (Wildman–Crippen MR) is 116 cm³/mol. The van der Waals surface area contributed by atoms with E-state index < -0.39 is 6.10 Å². The van der Waals surface area contributed by atoms with Gasteiger partial charge in [0.05, 0.1) is 12.5 Å². The number of aryl methyl sites for hydroxylation is 2. The van der Waals surface area contributed by atoms with E-state index in [4.69, 9.17) is 10.5 Å². The van der Waals surface area contributed by atoms with Crippen molar-refractivity contribution in [2.45, 2.75) is 26.4 Å². The van der Waals surface area contributed by atoms with Crippen molar-refractivity contribution in [1.82, 2.24) is 14.9 Å². The molecule has 1 aromatic carbocycles. The number of hydrogen-bond donors (Lipinski definition) is 3. The van der Waals surface area contributed by atoms with Crippen molar-refractivity contribution in [2.24, 2.45) is 5.73 Å². The number of amides is 1. The van der Waals surface area contributed by atoms with Crippen molar-refractivity contribution >= 4 is 5.91 Å². The van der Waals surface area contributed by atoms with E-state index >= 15 is 0 Å². The molecule has 158 valence electrons. The third kappa shape index (κ3) is 5.68. The van der Waals surface area contributed by atoms with Crippen LogP contribution >= 0.6 is 0 Å². The first-order valence-corrected chi connectivity index (χ1v) is 9.94. The van der Waals surface area contributed by atoms with Crippen LogP contribution in [0.5, 0.6) is 5.75 Å². The van der Waals surface area contributed by atoms with Gasteiger partial charge >= 0.3 is 0 Å². The highest BCUT2D eigenvalue weighted by Crippen LogP contribution is 2.17. The Morgan fingerprint density at radius 2 is 1.83 bits per heavy atom. The Morgan fingerprint density at radius 1 is 1.13 bits per heavy atom. The summed E-state index contributed by atoms with van der Waals surface area (Å²) >= 11 is 0. The van der Waals surface area contributed by atoms with E-state index in [9.17, 15) is 9.90 Å². The standard InChI is InChI=1S/C23H28N4O3/c1-16-3-4-17(2)27(16)23-10-7-19(14-26-23)21(28)15-25-11-12-30-20-8-5-18(6-9-20)13-22(24)29/h3-10,14,21,25,28H,11-13,15H2,1-2H3,(H2,24,29)/t21-/m0/s1. The van der Waals surface area contributed by atoms with Crippen LogP contribution in [0.4, 0.5) is 0 Å². The zero-order valence-corrected chi connectivity index (χ0v) is 17.3. The van der Waals surface area contributed by atoms with Gasteiger partial charge in [0.2, 0.25) is 5.91 Å². The van der Waals surface area contributed by atoms with Crippen LogP contribution in [0.15, 0.2) is 54.7 Å². The molecule has 7 nitrogen and oxygen atoms in total. The maximum Gasteiger partial charge on any atom is 0.221 e. The Morgan fingerprint density at radius 3 is 2.43 bits per heavy atom. The Labute approximate surface area is 176 Å². The van der Waals surface area contributed by atoms with Crippen molar-refractivity contribution in [1.29, 1.82) is 0 Å². The van der Waals surface area contributed by atoms with Gasteiger partial charge in [-0.3, -0.25) is 4.79 Å². The molecule has 0 fully saturated rings. The Balaban J connectivity index is 1.41. The van der Waals surface area contributed by atoms with E-state index in [1.54, 1.807) is 6.20 Å². The van der Waals surface area contributed by atoms with Crippen LogP contribution in [0.3, 0.4) is 0 Å². The lowest BCUT2D eigenvalue weighted by Crippen LogP contribution is -2.26. The van der Waals surface area contributed by atoms with Crippen LogP contribution in [0.2, 0.25) is 0 Å². The zero-order chi connectivity index (χ0) is 21.5. The molecule has 3 aromatic rings. The molecule has 2 aromatic heterocycles. The maximum absolute atomic E-state index is 10.9. The number of nitrogens with two attached hydrogens (primary N) is 1. The molecule has 0 saturated heterocycles. The number of pyridine rings is 1. The number of nitrogens with zero attached hydrogens (tertiary/aromatic N) is 2. The summed E-state index contributed by atoms with van der Waals surface area (Å²) in [5.41, 5.74) is 9.05. The summed E-state index contributed by atoms with van der Waals surface area (Å²) in [4.78, 5) is 15.4. The fourth-order valence-electron chi connectivity index (χ4n) is 3.26. The molecular weight excluding hydrogens is 380 g/mol. The van der Waals surface area contributed by atoms with Crippen molar-refractivity contribution in [3.05, 3.63) is 77.2 Å². The fraction of sp³-hybridized carbons (Fsp3) is 0.304. The number of ether oxygens (including phenoxy) is 1. The first-order valence-electron chi connectivity index (χ1n) is 9.94. The number of nitrogens with one attached hydrogen (secondary N) is 1. The summed E-state index contributed by atoms with van der Waals surface area (Å²) in [6, 6.07) is 15.2. The van der Waals surface area contributed by atoms with Gasteiger partial charge in [-0.1, -0.05) is 18.2 Å². The van der Waals surface area contributed by atoms with Gasteiger partial charge in [-0.05, 0) is 49.7 Å². The van der Waals surface area contributed by atoms with Gasteiger partial charge in [-0.2, -0.15) is 0 Å². The number of hydrogen-bond acceptors (Lipinski definition) is 5. The SMILES string of the molecule is Cc1ccc(C)n1-c1ccc([C@@H](O)CNCCOc2ccc(CC(N)=O)cc2)cn1. The highest BCUT2D eigenvalue weighted by molar-refractivity contribution is 5.76. The number of carbonyl (C=O) groups is 1. The molecule has 2 heterocycles. The Hall–Kier alpha value is -3.16. The molecule has 0 bridgehead atoms. The highest BCUT2D eigenvalue weighted by atomic mass is 16.5. The van der Waals surface area contributed by atoms with Crippen LogP contribution in [-0.4, -0.2) is 40.3 Å². The summed E-state index contributed by atoms with van der Waals surface area (Å²) < 4.78 is 7.73. The summed E-state index contributed by atoms with van der Waals surface area (Å²) in [7, 11) is 0. The lowest BCUT2D eigenvalue weighted by molar-refractivity contribution is -0.117. The van der Waals surface area contributed by atoms with Crippen LogP contribution in [0, 0.1) is 13.8 Å². The smallest absolute Gasteiger partial charge is 0.221 e. The largest absolute Gasteiger partial charge is 0.492 e. The van der Waals surface area contributed by atoms with E-state index in [0.717, 1.165) is 34.1 Å². The average molecular weight is 409 g/mol. The van der Waals surface area contributed by atoms with Crippen LogP contribution in [-0.2, 0) is 11.2 Å². The third-order valence-corrected chi connectivity index (χ3v) is 4.84. The van der Waals surface area contributed by atoms with Crippen LogP contribution in [0.1, 0.15) is 28.6 Å². The Kier molecular flexibility index (Phi) is 7.21.